The molecule has 0 fully saturated rings. The third-order valence-electron chi connectivity index (χ3n) is 2.29. The standard InChI is InChI=1S/C11H14ClN5/c1-8(6-17-3-2-14-7-17)16-11-10(12)4-9(13)5-15-11/h2-5,7-8H,6,13H2,1H3,(H,15,16). The summed E-state index contributed by atoms with van der Waals surface area (Å²) >= 11 is 6.03. The Balaban J connectivity index is 2.00. The fraction of sp³-hybridized carbons (Fsp3) is 0.273. The van der Waals surface area contributed by atoms with Crippen molar-refractivity contribution < 1.29 is 0 Å². The van der Waals surface area contributed by atoms with Crippen LogP contribution in [0, 0.1) is 0 Å². The maximum atomic E-state index is 6.03. The summed E-state index contributed by atoms with van der Waals surface area (Å²) in [5, 5.41) is 3.76. The predicted molar refractivity (Wildman–Crippen MR) is 69.0 cm³/mol. The molecule has 0 aromatic carbocycles. The molecule has 0 aliphatic rings. The van der Waals surface area contributed by atoms with Crippen LogP contribution in [0.3, 0.4) is 0 Å². The topological polar surface area (TPSA) is 68.8 Å². The number of nitrogen functional groups attached to an aromatic ring is 1. The van der Waals surface area contributed by atoms with Crippen LogP contribution < -0.4 is 11.1 Å². The molecule has 3 N–H and O–H groups in total. The molecule has 0 saturated carbocycles. The largest absolute Gasteiger partial charge is 0.397 e. The summed E-state index contributed by atoms with van der Waals surface area (Å²) in [5.41, 5.74) is 6.14. The van der Waals surface area contributed by atoms with Crippen LogP contribution in [0.2, 0.25) is 5.02 Å². The molecule has 90 valence electrons. The monoisotopic (exact) mass is 251 g/mol. The second-order valence-electron chi connectivity index (χ2n) is 3.90. The van der Waals surface area contributed by atoms with Crippen molar-refractivity contribution in [2.75, 3.05) is 11.1 Å². The Morgan fingerprint density at radius 3 is 3.06 bits per heavy atom. The van der Waals surface area contributed by atoms with Gasteiger partial charge in [-0.15, -0.1) is 0 Å². The number of aromatic nitrogens is 3. The molecule has 5 nitrogen and oxygen atoms in total. The molecule has 1 unspecified atom stereocenters. The molecule has 17 heavy (non-hydrogen) atoms. The number of hydrogen-bond acceptors (Lipinski definition) is 4. The molecule has 2 heterocycles. The number of pyridine rings is 1. The van der Waals surface area contributed by atoms with Gasteiger partial charge in [0.15, 0.2) is 0 Å². The van der Waals surface area contributed by atoms with Crippen LogP contribution in [0.5, 0.6) is 0 Å². The van der Waals surface area contributed by atoms with Crippen LogP contribution >= 0.6 is 11.6 Å². The Kier molecular flexibility index (Phi) is 3.49. The maximum Gasteiger partial charge on any atom is 0.145 e. The fourth-order valence-corrected chi connectivity index (χ4v) is 1.78. The molecule has 6 heteroatoms. The van der Waals surface area contributed by atoms with Crippen LogP contribution in [0.1, 0.15) is 6.92 Å². The van der Waals surface area contributed by atoms with Crippen LogP contribution in [0.25, 0.3) is 0 Å². The average Bonchev–Trinajstić information content (AvgIpc) is 2.75. The molecule has 2 aromatic rings. The van der Waals surface area contributed by atoms with Gasteiger partial charge < -0.3 is 15.6 Å². The van der Waals surface area contributed by atoms with Crippen molar-refractivity contribution in [3.05, 3.63) is 36.0 Å². The van der Waals surface area contributed by atoms with E-state index in [2.05, 4.69) is 15.3 Å². The number of anilines is 2. The highest BCUT2D eigenvalue weighted by atomic mass is 35.5. The van der Waals surface area contributed by atoms with Crippen molar-refractivity contribution in [1.29, 1.82) is 0 Å². The van der Waals surface area contributed by atoms with E-state index in [9.17, 15) is 0 Å². The SMILES string of the molecule is CC(Cn1ccnc1)Nc1ncc(N)cc1Cl. The summed E-state index contributed by atoms with van der Waals surface area (Å²) in [6.45, 7) is 2.84. The van der Waals surface area contributed by atoms with E-state index in [1.165, 1.54) is 0 Å². The zero-order valence-electron chi connectivity index (χ0n) is 9.47. The number of rotatable bonds is 4. The molecule has 0 saturated heterocycles. The van der Waals surface area contributed by atoms with Gasteiger partial charge in [0.25, 0.3) is 0 Å². The Bertz CT molecular complexity index is 483. The smallest absolute Gasteiger partial charge is 0.145 e. The lowest BCUT2D eigenvalue weighted by Gasteiger charge is -2.15. The van der Waals surface area contributed by atoms with E-state index in [1.54, 1.807) is 24.8 Å². The number of nitrogens with zero attached hydrogens (tertiary/aromatic N) is 3. The van der Waals surface area contributed by atoms with Gasteiger partial charge in [-0.3, -0.25) is 0 Å². The molecule has 2 rings (SSSR count). The normalized spacial score (nSPS) is 12.4. The van der Waals surface area contributed by atoms with Crippen LogP contribution in [-0.2, 0) is 6.54 Å². The maximum absolute atomic E-state index is 6.03. The zero-order valence-corrected chi connectivity index (χ0v) is 10.2. The summed E-state index contributed by atoms with van der Waals surface area (Å²) < 4.78 is 1.99. The molecule has 0 aliphatic heterocycles. The zero-order chi connectivity index (χ0) is 12.3. The number of nitrogens with two attached hydrogens (primary N) is 1. The number of hydrogen-bond donors (Lipinski definition) is 2. The minimum Gasteiger partial charge on any atom is -0.397 e. The highest BCUT2D eigenvalue weighted by molar-refractivity contribution is 6.33. The lowest BCUT2D eigenvalue weighted by atomic mass is 10.3. The molecule has 0 aliphatic carbocycles. The average molecular weight is 252 g/mol. The molecule has 0 spiro atoms. The Morgan fingerprint density at radius 2 is 2.41 bits per heavy atom. The molecule has 0 amide bonds. The Labute approximate surface area is 105 Å². The Morgan fingerprint density at radius 1 is 1.59 bits per heavy atom. The first kappa shape index (κ1) is 11.7. The van der Waals surface area contributed by atoms with Crippen molar-refractivity contribution in [3.63, 3.8) is 0 Å². The summed E-state index contributed by atoms with van der Waals surface area (Å²) in [6.07, 6.45) is 7.02. The van der Waals surface area contributed by atoms with Gasteiger partial charge in [-0.2, -0.15) is 0 Å². The molecule has 1 atom stereocenters. The first-order valence-electron chi connectivity index (χ1n) is 5.28. The lowest BCUT2D eigenvalue weighted by Crippen LogP contribution is -2.22. The third kappa shape index (κ3) is 3.10. The fourth-order valence-electron chi connectivity index (χ4n) is 1.55. The van der Waals surface area contributed by atoms with E-state index in [1.807, 2.05) is 17.7 Å². The van der Waals surface area contributed by atoms with Gasteiger partial charge in [-0.25, -0.2) is 9.97 Å². The number of nitrogens with one attached hydrogen (secondary N) is 1. The van der Waals surface area contributed by atoms with E-state index in [4.69, 9.17) is 17.3 Å². The molecule has 2 aromatic heterocycles. The van der Waals surface area contributed by atoms with E-state index >= 15 is 0 Å². The van der Waals surface area contributed by atoms with Gasteiger partial charge in [-0.05, 0) is 13.0 Å². The van der Waals surface area contributed by atoms with E-state index in [0.717, 1.165) is 6.54 Å². The molecular formula is C11H14ClN5. The molecular weight excluding hydrogens is 238 g/mol. The summed E-state index contributed by atoms with van der Waals surface area (Å²) in [6, 6.07) is 1.87. The van der Waals surface area contributed by atoms with E-state index < -0.39 is 0 Å². The van der Waals surface area contributed by atoms with Gasteiger partial charge in [0.05, 0.1) is 23.2 Å². The highest BCUT2D eigenvalue weighted by Gasteiger charge is 2.07. The first-order valence-corrected chi connectivity index (χ1v) is 5.66. The number of imidazole rings is 1. The van der Waals surface area contributed by atoms with Gasteiger partial charge in [-0.1, -0.05) is 11.6 Å². The summed E-state index contributed by atoms with van der Waals surface area (Å²) in [5.74, 6) is 0.647. The lowest BCUT2D eigenvalue weighted by molar-refractivity contribution is 0.617. The minimum absolute atomic E-state index is 0.192. The van der Waals surface area contributed by atoms with Crippen molar-refractivity contribution >= 4 is 23.1 Å². The summed E-state index contributed by atoms with van der Waals surface area (Å²) in [7, 11) is 0. The minimum atomic E-state index is 0.192. The molecule has 0 bridgehead atoms. The van der Waals surface area contributed by atoms with Gasteiger partial charge in [0.1, 0.15) is 5.82 Å². The van der Waals surface area contributed by atoms with Gasteiger partial charge in [0.2, 0.25) is 0 Å². The van der Waals surface area contributed by atoms with E-state index in [0.29, 0.717) is 16.5 Å². The quantitative estimate of drug-likeness (QED) is 0.872. The van der Waals surface area contributed by atoms with E-state index in [-0.39, 0.29) is 6.04 Å². The highest BCUT2D eigenvalue weighted by Crippen LogP contribution is 2.21. The second-order valence-corrected chi connectivity index (χ2v) is 4.31. The van der Waals surface area contributed by atoms with Gasteiger partial charge in [0, 0.05) is 25.0 Å². The van der Waals surface area contributed by atoms with Gasteiger partial charge >= 0.3 is 0 Å². The number of halogens is 1. The van der Waals surface area contributed by atoms with Crippen LogP contribution in [0.15, 0.2) is 31.0 Å². The Hall–Kier alpha value is -1.75. The van der Waals surface area contributed by atoms with Crippen molar-refractivity contribution in [2.45, 2.75) is 19.5 Å². The molecule has 0 radical (unpaired) electrons. The van der Waals surface area contributed by atoms with Crippen molar-refractivity contribution in [3.8, 4) is 0 Å². The second kappa shape index (κ2) is 5.05. The van der Waals surface area contributed by atoms with Crippen molar-refractivity contribution in [1.82, 2.24) is 14.5 Å². The third-order valence-corrected chi connectivity index (χ3v) is 2.58. The summed E-state index contributed by atoms with van der Waals surface area (Å²) in [4.78, 5) is 8.14. The van der Waals surface area contributed by atoms with Crippen LogP contribution in [0.4, 0.5) is 11.5 Å². The predicted octanol–water partition coefficient (Wildman–Crippen LogP) is 2.01. The van der Waals surface area contributed by atoms with Crippen molar-refractivity contribution in [2.24, 2.45) is 0 Å². The van der Waals surface area contributed by atoms with Crippen LogP contribution in [-0.4, -0.2) is 20.6 Å². The first-order chi connectivity index (χ1) is 8.15.